The SMILES string of the molecule is O=[N+]([O-])c1cc(N2C=c3cc(F)c(Br)cc3=NC2)ccc1OC(F)(F)F. The number of nitrogens with zero attached hydrogens (tertiary/aromatic N) is 3. The summed E-state index contributed by atoms with van der Waals surface area (Å²) in [6.45, 7) is 0.0572. The largest absolute Gasteiger partial charge is 0.573 e. The van der Waals surface area contributed by atoms with E-state index in [1.807, 2.05) is 0 Å². The molecule has 6 nitrogen and oxygen atoms in total. The van der Waals surface area contributed by atoms with Crippen molar-refractivity contribution in [1.82, 2.24) is 0 Å². The number of nitro groups is 1. The topological polar surface area (TPSA) is 68.0 Å². The molecule has 26 heavy (non-hydrogen) atoms. The van der Waals surface area contributed by atoms with Gasteiger partial charge in [-0.25, -0.2) is 4.39 Å². The Morgan fingerprint density at radius 1 is 1.27 bits per heavy atom. The van der Waals surface area contributed by atoms with E-state index in [-0.39, 0.29) is 16.8 Å². The van der Waals surface area contributed by atoms with Gasteiger partial charge in [0.1, 0.15) is 12.5 Å². The Morgan fingerprint density at radius 2 is 2.00 bits per heavy atom. The van der Waals surface area contributed by atoms with E-state index in [1.165, 1.54) is 29.3 Å². The fraction of sp³-hybridized carbons (Fsp3) is 0.133. The zero-order chi connectivity index (χ0) is 19.1. The number of alkyl halides is 3. The van der Waals surface area contributed by atoms with Crippen LogP contribution in [0.15, 0.2) is 39.8 Å². The van der Waals surface area contributed by atoms with Gasteiger partial charge in [0.2, 0.25) is 5.75 Å². The molecular weight excluding hydrogens is 426 g/mol. The van der Waals surface area contributed by atoms with Gasteiger partial charge in [0.05, 0.1) is 14.8 Å². The van der Waals surface area contributed by atoms with Crippen molar-refractivity contribution in [3.63, 3.8) is 0 Å². The first-order valence-electron chi connectivity index (χ1n) is 6.96. The smallest absolute Gasteiger partial charge is 0.398 e. The van der Waals surface area contributed by atoms with E-state index in [1.54, 1.807) is 0 Å². The molecule has 0 aromatic heterocycles. The van der Waals surface area contributed by atoms with E-state index in [2.05, 4.69) is 25.7 Å². The highest BCUT2D eigenvalue weighted by atomic mass is 79.9. The van der Waals surface area contributed by atoms with E-state index in [0.717, 1.165) is 12.1 Å². The summed E-state index contributed by atoms with van der Waals surface area (Å²) in [5.41, 5.74) is -0.634. The summed E-state index contributed by atoms with van der Waals surface area (Å²) < 4.78 is 54.7. The van der Waals surface area contributed by atoms with Gasteiger partial charge in [-0.05, 0) is 40.2 Å². The van der Waals surface area contributed by atoms with Crippen molar-refractivity contribution >= 4 is 33.5 Å². The van der Waals surface area contributed by atoms with Crippen LogP contribution in [-0.2, 0) is 0 Å². The van der Waals surface area contributed by atoms with Crippen molar-refractivity contribution in [2.24, 2.45) is 4.99 Å². The molecule has 0 N–H and O–H groups in total. The average molecular weight is 434 g/mol. The summed E-state index contributed by atoms with van der Waals surface area (Å²) >= 11 is 3.05. The van der Waals surface area contributed by atoms with Crippen LogP contribution in [-0.4, -0.2) is 18.0 Å². The highest BCUT2D eigenvalue weighted by Crippen LogP contribution is 2.35. The van der Waals surface area contributed by atoms with Crippen LogP contribution < -0.4 is 20.2 Å². The van der Waals surface area contributed by atoms with E-state index in [9.17, 15) is 27.7 Å². The lowest BCUT2D eigenvalue weighted by atomic mass is 10.2. The molecule has 0 radical (unpaired) electrons. The maximum atomic E-state index is 13.7. The van der Waals surface area contributed by atoms with Crippen molar-refractivity contribution in [1.29, 1.82) is 0 Å². The van der Waals surface area contributed by atoms with Crippen LogP contribution in [0.3, 0.4) is 0 Å². The van der Waals surface area contributed by atoms with Crippen LogP contribution in [0.4, 0.5) is 28.9 Å². The molecule has 0 fully saturated rings. The van der Waals surface area contributed by atoms with Crippen LogP contribution in [0.5, 0.6) is 5.75 Å². The monoisotopic (exact) mass is 433 g/mol. The van der Waals surface area contributed by atoms with Gasteiger partial charge >= 0.3 is 12.0 Å². The summed E-state index contributed by atoms with van der Waals surface area (Å²) in [5, 5.41) is 12.0. The lowest BCUT2D eigenvalue weighted by Gasteiger charge is -2.21. The molecule has 1 aliphatic heterocycles. The lowest BCUT2D eigenvalue weighted by Crippen LogP contribution is -2.36. The maximum absolute atomic E-state index is 13.7. The second-order valence-electron chi connectivity index (χ2n) is 5.18. The molecule has 11 heteroatoms. The van der Waals surface area contributed by atoms with Crippen molar-refractivity contribution in [3.8, 4) is 5.75 Å². The summed E-state index contributed by atoms with van der Waals surface area (Å²) in [5.74, 6) is -1.44. The highest BCUT2D eigenvalue weighted by molar-refractivity contribution is 9.10. The van der Waals surface area contributed by atoms with Gasteiger partial charge in [-0.3, -0.25) is 15.1 Å². The highest BCUT2D eigenvalue weighted by Gasteiger charge is 2.34. The molecule has 0 atom stereocenters. The average Bonchev–Trinajstić information content (AvgIpc) is 2.54. The number of fused-ring (bicyclic) bond motifs is 1. The third kappa shape index (κ3) is 3.77. The van der Waals surface area contributed by atoms with Gasteiger partial charge in [-0.2, -0.15) is 0 Å². The summed E-state index contributed by atoms with van der Waals surface area (Å²) in [7, 11) is 0. The van der Waals surface area contributed by atoms with Crippen LogP contribution in [0.25, 0.3) is 6.20 Å². The van der Waals surface area contributed by atoms with E-state index >= 15 is 0 Å². The normalized spacial score (nSPS) is 13.5. The van der Waals surface area contributed by atoms with Crippen molar-refractivity contribution in [3.05, 3.63) is 61.3 Å². The zero-order valence-corrected chi connectivity index (χ0v) is 14.2. The van der Waals surface area contributed by atoms with Gasteiger partial charge in [0, 0.05) is 23.2 Å². The van der Waals surface area contributed by atoms with Crippen molar-refractivity contribution in [2.75, 3.05) is 11.6 Å². The third-order valence-corrected chi connectivity index (χ3v) is 4.06. The molecule has 1 heterocycles. The minimum atomic E-state index is -5.05. The number of anilines is 1. The molecule has 136 valence electrons. The molecule has 0 aliphatic carbocycles. The van der Waals surface area contributed by atoms with Crippen LogP contribution in [0.1, 0.15) is 0 Å². The fourth-order valence-corrected chi connectivity index (χ4v) is 2.68. The Labute approximate surface area is 151 Å². The Balaban J connectivity index is 2.02. The molecule has 2 aromatic carbocycles. The second-order valence-corrected chi connectivity index (χ2v) is 6.03. The van der Waals surface area contributed by atoms with E-state index < -0.39 is 28.5 Å². The third-order valence-electron chi connectivity index (χ3n) is 3.45. The second kappa shape index (κ2) is 6.56. The standard InChI is InChI=1S/C15H8BrF4N3O3/c16-10-5-12-8(3-11(10)17)6-22(7-21-12)9-1-2-14(26-15(18,19)20)13(4-9)23(24)25/h1-6H,7H2. The van der Waals surface area contributed by atoms with Crippen LogP contribution in [0, 0.1) is 15.9 Å². The van der Waals surface area contributed by atoms with Crippen LogP contribution >= 0.6 is 15.9 Å². The molecule has 1 aliphatic rings. The fourth-order valence-electron chi connectivity index (χ4n) is 2.35. The molecule has 0 saturated heterocycles. The van der Waals surface area contributed by atoms with Gasteiger partial charge in [0.15, 0.2) is 0 Å². The predicted molar refractivity (Wildman–Crippen MR) is 86.5 cm³/mol. The van der Waals surface area contributed by atoms with E-state index in [4.69, 9.17) is 0 Å². The Morgan fingerprint density at radius 3 is 2.65 bits per heavy atom. The first-order valence-corrected chi connectivity index (χ1v) is 7.75. The summed E-state index contributed by atoms with van der Waals surface area (Å²) in [4.78, 5) is 15.8. The summed E-state index contributed by atoms with van der Waals surface area (Å²) in [6.07, 6.45) is -3.55. The Hall–Kier alpha value is -2.69. The molecule has 0 spiro atoms. The first kappa shape index (κ1) is 18.1. The Bertz CT molecular complexity index is 1010. The van der Waals surface area contributed by atoms with Crippen LogP contribution in [0.2, 0.25) is 0 Å². The Kier molecular flexibility index (Phi) is 4.57. The number of ether oxygens (including phenoxy) is 1. The molecule has 0 unspecified atom stereocenters. The molecular formula is C15H8BrF4N3O3. The van der Waals surface area contributed by atoms with Crippen molar-refractivity contribution in [2.45, 2.75) is 6.36 Å². The quantitative estimate of drug-likeness (QED) is 0.423. The minimum Gasteiger partial charge on any atom is -0.398 e. The first-order chi connectivity index (χ1) is 12.1. The number of hydrogen-bond donors (Lipinski definition) is 0. The number of halogens is 5. The number of nitro benzene ring substituents is 1. The molecule has 2 aromatic rings. The number of benzene rings is 2. The van der Waals surface area contributed by atoms with Gasteiger partial charge < -0.3 is 9.64 Å². The maximum Gasteiger partial charge on any atom is 0.573 e. The number of rotatable bonds is 3. The zero-order valence-electron chi connectivity index (χ0n) is 12.6. The predicted octanol–water partition coefficient (Wildman–Crippen LogP) is 3.23. The van der Waals surface area contributed by atoms with Gasteiger partial charge in [-0.1, -0.05) is 0 Å². The summed E-state index contributed by atoms with van der Waals surface area (Å²) in [6, 6.07) is 5.73. The minimum absolute atomic E-state index is 0.0572. The molecule has 3 rings (SSSR count). The molecule has 0 bridgehead atoms. The molecule has 0 saturated carbocycles. The van der Waals surface area contributed by atoms with Gasteiger partial charge in [-0.15, -0.1) is 13.2 Å². The van der Waals surface area contributed by atoms with E-state index in [0.29, 0.717) is 10.6 Å². The van der Waals surface area contributed by atoms with Crippen molar-refractivity contribution < 1.29 is 27.2 Å². The number of hydrogen-bond acceptors (Lipinski definition) is 5. The van der Waals surface area contributed by atoms with Gasteiger partial charge in [0.25, 0.3) is 0 Å². The lowest BCUT2D eigenvalue weighted by molar-refractivity contribution is -0.388. The molecule has 0 amide bonds.